The molecule has 19 heavy (non-hydrogen) atoms. The summed E-state index contributed by atoms with van der Waals surface area (Å²) in [5.74, 6) is 0. The quantitative estimate of drug-likeness (QED) is 0.657. The number of hydrogen-bond acceptors (Lipinski definition) is 0. The van der Waals surface area contributed by atoms with E-state index in [0.29, 0.717) is 0 Å². The molecule has 1 heteroatoms. The van der Waals surface area contributed by atoms with E-state index in [1.165, 1.54) is 0 Å². The van der Waals surface area contributed by atoms with Gasteiger partial charge in [-0.15, -0.1) is 0 Å². The molecule has 0 aromatic heterocycles. The summed E-state index contributed by atoms with van der Waals surface area (Å²) in [6.45, 7) is 0. The molecule has 3 rings (SSSR count). The third kappa shape index (κ3) is 2.96. The van der Waals surface area contributed by atoms with Crippen LogP contribution in [-0.4, -0.2) is 0 Å². The van der Waals surface area contributed by atoms with Gasteiger partial charge in [-0.25, -0.2) is 0 Å². The molecule has 0 N–H and O–H groups in total. The van der Waals surface area contributed by atoms with Gasteiger partial charge in [0.15, 0.2) is 0 Å². The molecule has 2 aromatic carbocycles. The van der Waals surface area contributed by atoms with Gasteiger partial charge in [-0.05, 0) is 0 Å². The molecule has 99 valence electrons. The maximum absolute atomic E-state index is 2.45. The third-order valence-electron chi connectivity index (χ3n) is 2.92. The summed E-state index contributed by atoms with van der Waals surface area (Å²) in [5.41, 5.74) is 0. The number of rotatable bonds is 3. The molecule has 0 fully saturated rings. The van der Waals surface area contributed by atoms with E-state index >= 15 is 0 Å². The average Bonchev–Trinajstić information content (AvgIpc) is 2.51. The van der Waals surface area contributed by atoms with Crippen LogP contribution in [0.15, 0.2) is 82.9 Å². The normalized spacial score (nSPS) is 14.9. The molecule has 0 nitrogen and oxygen atoms in total. The molecule has 2 aromatic rings. The summed E-state index contributed by atoms with van der Waals surface area (Å²) in [5, 5.41) is 0. The fourth-order valence-corrected chi connectivity index (χ4v) is 8.34. The third-order valence-corrected chi connectivity index (χ3v) is 9.45. The standard InChI is InChI=1S/C6H7.2C6H5.Pt/c3*1-2-4-6-5-3-1;/h1-2,5H,3-4H2;2*1-5H;. The fraction of sp³-hybridized carbons (Fsp3) is 0.111. The van der Waals surface area contributed by atoms with Crippen LogP contribution in [0.1, 0.15) is 12.8 Å². The van der Waals surface area contributed by atoms with Crippen molar-refractivity contribution in [3.63, 3.8) is 0 Å². The van der Waals surface area contributed by atoms with E-state index in [4.69, 9.17) is 0 Å². The van der Waals surface area contributed by atoms with E-state index in [9.17, 15) is 0 Å². The SMILES string of the molecule is C1=CC[C]([Pt]([c]2ccccc2)[c]2ccccc2)=CC1. The van der Waals surface area contributed by atoms with Crippen molar-refractivity contribution in [2.45, 2.75) is 12.8 Å². The van der Waals surface area contributed by atoms with E-state index in [-0.39, 0.29) is 0 Å². The zero-order valence-corrected chi connectivity index (χ0v) is 13.0. The minimum absolute atomic E-state index is 1.10. The van der Waals surface area contributed by atoms with E-state index in [1.54, 1.807) is 11.9 Å². The summed E-state index contributed by atoms with van der Waals surface area (Å²) in [7, 11) is 0. The van der Waals surface area contributed by atoms with Crippen LogP contribution >= 0.6 is 0 Å². The van der Waals surface area contributed by atoms with Crippen LogP contribution in [0.25, 0.3) is 0 Å². The Balaban J connectivity index is 2.04. The van der Waals surface area contributed by atoms with Gasteiger partial charge in [0.2, 0.25) is 0 Å². The zero-order chi connectivity index (χ0) is 12.9. The summed E-state index contributed by atoms with van der Waals surface area (Å²) < 4.78 is 4.76. The van der Waals surface area contributed by atoms with Gasteiger partial charge in [-0.2, -0.15) is 0 Å². The van der Waals surface area contributed by atoms with Crippen LogP contribution < -0.4 is 7.91 Å². The van der Waals surface area contributed by atoms with E-state index < -0.39 is 17.3 Å². The Morgan fingerprint density at radius 1 is 0.684 bits per heavy atom. The molecule has 0 heterocycles. The molecule has 1 aliphatic carbocycles. The van der Waals surface area contributed by atoms with Crippen LogP contribution in [0.3, 0.4) is 0 Å². The average molecular weight is 428 g/mol. The Morgan fingerprint density at radius 3 is 1.74 bits per heavy atom. The van der Waals surface area contributed by atoms with Gasteiger partial charge in [0.1, 0.15) is 0 Å². The monoisotopic (exact) mass is 428 g/mol. The van der Waals surface area contributed by atoms with Gasteiger partial charge in [0.05, 0.1) is 0 Å². The summed E-state index contributed by atoms with van der Waals surface area (Å²) in [6, 6.07) is 22.1. The number of benzene rings is 2. The molecule has 0 radical (unpaired) electrons. The first-order valence-electron chi connectivity index (χ1n) is 6.50. The van der Waals surface area contributed by atoms with Crippen molar-refractivity contribution < 1.29 is 17.3 Å². The van der Waals surface area contributed by atoms with Gasteiger partial charge in [-0.1, -0.05) is 0 Å². The Hall–Kier alpha value is -1.39. The predicted molar refractivity (Wildman–Crippen MR) is 78.6 cm³/mol. The van der Waals surface area contributed by atoms with Gasteiger partial charge >= 0.3 is 121 Å². The molecular formula is C18H17Pt. The molecule has 1 aliphatic rings. The Bertz CT molecular complexity index is 542. The first-order chi connectivity index (χ1) is 9.45. The summed E-state index contributed by atoms with van der Waals surface area (Å²) >= 11 is -1.44. The van der Waals surface area contributed by atoms with Crippen LogP contribution in [-0.2, 0) is 17.3 Å². The second-order valence-electron chi connectivity index (χ2n) is 4.28. The number of allylic oxidation sites excluding steroid dienone is 4. The van der Waals surface area contributed by atoms with Gasteiger partial charge < -0.3 is 0 Å². The van der Waals surface area contributed by atoms with E-state index in [1.807, 2.05) is 0 Å². The van der Waals surface area contributed by atoms with Crippen LogP contribution in [0.2, 0.25) is 0 Å². The van der Waals surface area contributed by atoms with Crippen LogP contribution in [0.4, 0.5) is 0 Å². The maximum atomic E-state index is 2.45. The first kappa shape index (κ1) is 12.6. The molecule has 0 aliphatic heterocycles. The van der Waals surface area contributed by atoms with Crippen molar-refractivity contribution >= 4 is 7.91 Å². The molecule has 0 bridgehead atoms. The molecule has 0 saturated heterocycles. The minimum atomic E-state index is -1.44. The summed E-state index contributed by atoms with van der Waals surface area (Å²) in [6.07, 6.45) is 9.28. The number of hydrogen-bond donors (Lipinski definition) is 0. The van der Waals surface area contributed by atoms with E-state index in [0.717, 1.165) is 12.8 Å². The van der Waals surface area contributed by atoms with Crippen molar-refractivity contribution in [1.82, 2.24) is 0 Å². The molecule has 0 amide bonds. The Labute approximate surface area is 121 Å². The fourth-order valence-electron chi connectivity index (χ4n) is 2.04. The Kier molecular flexibility index (Phi) is 4.10. The van der Waals surface area contributed by atoms with Crippen molar-refractivity contribution in [1.29, 1.82) is 0 Å². The second-order valence-corrected chi connectivity index (χ2v) is 10.1. The molecular weight excluding hydrogens is 411 g/mol. The van der Waals surface area contributed by atoms with Crippen molar-refractivity contribution in [2.75, 3.05) is 0 Å². The zero-order valence-electron chi connectivity index (χ0n) is 10.7. The summed E-state index contributed by atoms with van der Waals surface area (Å²) in [4.78, 5) is 0. The topological polar surface area (TPSA) is 0 Å². The predicted octanol–water partition coefficient (Wildman–Crippen LogP) is 3.49. The van der Waals surface area contributed by atoms with Crippen molar-refractivity contribution in [3.8, 4) is 0 Å². The first-order valence-corrected chi connectivity index (χ1v) is 9.90. The van der Waals surface area contributed by atoms with Gasteiger partial charge in [0, 0.05) is 0 Å². The van der Waals surface area contributed by atoms with Gasteiger partial charge in [-0.3, -0.25) is 0 Å². The van der Waals surface area contributed by atoms with Gasteiger partial charge in [0.25, 0.3) is 0 Å². The molecule has 0 saturated carbocycles. The van der Waals surface area contributed by atoms with Crippen LogP contribution in [0.5, 0.6) is 0 Å². The van der Waals surface area contributed by atoms with Crippen molar-refractivity contribution in [2.24, 2.45) is 0 Å². The van der Waals surface area contributed by atoms with Crippen LogP contribution in [0, 0.1) is 0 Å². The second kappa shape index (κ2) is 6.17. The molecule has 0 spiro atoms. The molecule has 0 atom stereocenters. The van der Waals surface area contributed by atoms with E-state index in [2.05, 4.69) is 78.9 Å². The van der Waals surface area contributed by atoms with Crippen molar-refractivity contribution in [3.05, 3.63) is 82.9 Å². The molecule has 0 unspecified atom stereocenters. The Morgan fingerprint density at radius 2 is 1.26 bits per heavy atom.